The number of hydrogen-bond acceptors (Lipinski definition) is 7. The van der Waals surface area contributed by atoms with Crippen molar-refractivity contribution in [2.75, 3.05) is 44.4 Å². The minimum atomic E-state index is -4.60. The number of alkyl halides is 3. The van der Waals surface area contributed by atoms with Gasteiger partial charge in [-0.2, -0.15) is 13.2 Å². The molecule has 2 heterocycles. The highest BCUT2D eigenvalue weighted by atomic mass is 19.4. The lowest BCUT2D eigenvalue weighted by molar-refractivity contribution is -0.137. The van der Waals surface area contributed by atoms with E-state index in [-0.39, 0.29) is 5.56 Å². The van der Waals surface area contributed by atoms with Gasteiger partial charge in [-0.25, -0.2) is 14.6 Å². The summed E-state index contributed by atoms with van der Waals surface area (Å²) in [6.45, 7) is 3.00. The summed E-state index contributed by atoms with van der Waals surface area (Å²) in [6.07, 6.45) is 1.76. The van der Waals surface area contributed by atoms with Crippen LogP contribution in [0.15, 0.2) is 61.3 Å². The first-order valence-electron chi connectivity index (χ1n) is 11.7. The molecule has 0 radical (unpaired) electrons. The summed E-state index contributed by atoms with van der Waals surface area (Å²) in [6, 6.07) is 8.52. The van der Waals surface area contributed by atoms with Gasteiger partial charge in [-0.15, -0.1) is 5.10 Å². The van der Waals surface area contributed by atoms with Crippen molar-refractivity contribution >= 4 is 17.3 Å². The van der Waals surface area contributed by atoms with Crippen LogP contribution in [-0.4, -0.2) is 70.0 Å². The average molecular weight is 525 g/mol. The molecule has 2 aromatic carbocycles. The van der Waals surface area contributed by atoms with Crippen LogP contribution in [0.1, 0.15) is 21.5 Å². The van der Waals surface area contributed by atoms with Crippen molar-refractivity contribution in [2.45, 2.75) is 13.1 Å². The van der Waals surface area contributed by atoms with Crippen LogP contribution in [0.2, 0.25) is 0 Å². The molecule has 1 amide bonds. The second kappa shape index (κ2) is 11.0. The molecule has 0 unspecified atom stereocenters. The van der Waals surface area contributed by atoms with Crippen LogP contribution in [0.25, 0.3) is 16.9 Å². The van der Waals surface area contributed by atoms with Crippen LogP contribution in [0.5, 0.6) is 0 Å². The Labute approximate surface area is 217 Å². The Kier molecular flexibility index (Phi) is 7.72. The van der Waals surface area contributed by atoms with Gasteiger partial charge in [0.05, 0.1) is 17.4 Å². The number of benzene rings is 2. The molecule has 0 aliphatic rings. The summed E-state index contributed by atoms with van der Waals surface area (Å²) in [4.78, 5) is 24.7. The predicted molar refractivity (Wildman–Crippen MR) is 138 cm³/mol. The first-order valence-corrected chi connectivity index (χ1v) is 11.7. The van der Waals surface area contributed by atoms with Crippen molar-refractivity contribution < 1.29 is 18.0 Å². The Hall–Kier alpha value is -4.32. The molecular weight excluding hydrogens is 497 g/mol. The summed E-state index contributed by atoms with van der Waals surface area (Å²) in [5, 5.41) is 11.0. The van der Waals surface area contributed by atoms with Crippen LogP contribution in [0.3, 0.4) is 0 Å². The fraction of sp³-hybridized carbons (Fsp3) is 0.269. The number of aryl methyl sites for hydroxylation is 1. The maximum absolute atomic E-state index is 13.6. The highest BCUT2D eigenvalue weighted by Crippen LogP contribution is 2.33. The maximum Gasteiger partial charge on any atom is 0.416 e. The number of nitrogens with zero attached hydrogens (tertiary/aromatic N) is 7. The molecule has 9 nitrogen and oxygen atoms in total. The maximum atomic E-state index is 13.6. The van der Waals surface area contributed by atoms with Gasteiger partial charge in [-0.3, -0.25) is 4.79 Å². The lowest BCUT2D eigenvalue weighted by Gasteiger charge is -2.23. The highest BCUT2D eigenvalue weighted by molar-refractivity contribution is 6.05. The minimum Gasteiger partial charge on any atom is -0.373 e. The standard InChI is InChI=1S/C26H27F3N8O/c1-17-5-6-21(12-24(17)37-15-23(33-34-37)19-13-30-16-31-14-19)32-25(38)18-9-20(26(27,28)29)11-22(10-18)36(4)8-7-35(2)3/h5-6,9-16H,7-8H2,1-4H3,(H,32,38). The van der Waals surface area contributed by atoms with Gasteiger partial charge in [-0.05, 0) is 56.9 Å². The van der Waals surface area contributed by atoms with Gasteiger partial charge in [-0.1, -0.05) is 11.3 Å². The molecule has 12 heteroatoms. The van der Waals surface area contributed by atoms with E-state index in [2.05, 4.69) is 25.6 Å². The Morgan fingerprint density at radius 2 is 1.76 bits per heavy atom. The number of amides is 1. The van der Waals surface area contributed by atoms with Crippen LogP contribution in [-0.2, 0) is 6.18 Å². The van der Waals surface area contributed by atoms with Crippen LogP contribution in [0.4, 0.5) is 24.5 Å². The van der Waals surface area contributed by atoms with E-state index >= 15 is 0 Å². The van der Waals surface area contributed by atoms with E-state index in [0.717, 1.165) is 17.7 Å². The predicted octanol–water partition coefficient (Wildman–Crippen LogP) is 4.30. The normalized spacial score (nSPS) is 11.6. The second-order valence-corrected chi connectivity index (χ2v) is 9.12. The molecule has 1 N–H and O–H groups in total. The molecule has 4 rings (SSSR count). The molecule has 0 saturated carbocycles. The molecule has 0 bridgehead atoms. The molecule has 0 aliphatic heterocycles. The fourth-order valence-corrected chi connectivity index (χ4v) is 3.69. The third-order valence-electron chi connectivity index (χ3n) is 5.89. The Balaban J connectivity index is 1.60. The number of rotatable bonds is 8. The van der Waals surface area contributed by atoms with Crippen molar-refractivity contribution in [2.24, 2.45) is 0 Å². The molecule has 4 aromatic rings. The molecule has 0 aliphatic carbocycles. The van der Waals surface area contributed by atoms with Gasteiger partial charge in [0, 0.05) is 55.0 Å². The molecule has 198 valence electrons. The summed E-state index contributed by atoms with van der Waals surface area (Å²) in [5.41, 5.74) is 2.47. The van der Waals surface area contributed by atoms with Gasteiger partial charge < -0.3 is 15.1 Å². The van der Waals surface area contributed by atoms with Gasteiger partial charge >= 0.3 is 6.18 Å². The summed E-state index contributed by atoms with van der Waals surface area (Å²) in [7, 11) is 5.46. The number of nitrogens with one attached hydrogen (secondary N) is 1. The van der Waals surface area contributed by atoms with Crippen molar-refractivity contribution in [3.63, 3.8) is 0 Å². The topological polar surface area (TPSA) is 92.1 Å². The second-order valence-electron chi connectivity index (χ2n) is 9.12. The zero-order valence-electron chi connectivity index (χ0n) is 21.4. The number of anilines is 2. The largest absolute Gasteiger partial charge is 0.416 e. The van der Waals surface area contributed by atoms with Crippen molar-refractivity contribution in [1.82, 2.24) is 29.9 Å². The van der Waals surface area contributed by atoms with E-state index < -0.39 is 17.6 Å². The molecular formula is C26H27F3N8O. The van der Waals surface area contributed by atoms with E-state index in [1.165, 1.54) is 12.4 Å². The smallest absolute Gasteiger partial charge is 0.373 e. The van der Waals surface area contributed by atoms with E-state index in [4.69, 9.17) is 0 Å². The van der Waals surface area contributed by atoms with E-state index in [1.807, 2.05) is 25.9 Å². The highest BCUT2D eigenvalue weighted by Gasteiger charge is 2.32. The van der Waals surface area contributed by atoms with E-state index in [0.29, 0.717) is 41.4 Å². The quantitative estimate of drug-likeness (QED) is 0.367. The van der Waals surface area contributed by atoms with Crippen LogP contribution < -0.4 is 10.2 Å². The summed E-state index contributed by atoms with van der Waals surface area (Å²) < 4.78 is 42.5. The first kappa shape index (κ1) is 26.7. The summed E-state index contributed by atoms with van der Waals surface area (Å²) >= 11 is 0. The third-order valence-corrected chi connectivity index (χ3v) is 5.89. The van der Waals surface area contributed by atoms with Gasteiger partial charge in [0.25, 0.3) is 5.91 Å². The minimum absolute atomic E-state index is 0.0965. The first-order chi connectivity index (χ1) is 18.0. The number of carbonyl (C=O) groups excluding carboxylic acids is 1. The van der Waals surface area contributed by atoms with Crippen LogP contribution >= 0.6 is 0 Å². The Morgan fingerprint density at radius 1 is 1.03 bits per heavy atom. The SMILES string of the molecule is Cc1ccc(NC(=O)c2cc(N(C)CCN(C)C)cc(C(F)(F)F)c2)cc1-n1cc(-c2cncnc2)nn1. The number of carbonyl (C=O) groups is 1. The molecule has 0 atom stereocenters. The molecule has 0 spiro atoms. The Bertz CT molecular complexity index is 1420. The number of likely N-dealkylation sites (N-methyl/N-ethyl adjacent to an activating group) is 2. The number of aromatic nitrogens is 5. The number of halogens is 3. The molecule has 0 saturated heterocycles. The average Bonchev–Trinajstić information content (AvgIpc) is 3.38. The van der Waals surface area contributed by atoms with Gasteiger partial charge in [0.15, 0.2) is 0 Å². The van der Waals surface area contributed by atoms with Gasteiger partial charge in [0.2, 0.25) is 0 Å². The fourth-order valence-electron chi connectivity index (χ4n) is 3.69. The van der Waals surface area contributed by atoms with Crippen molar-refractivity contribution in [3.8, 4) is 16.9 Å². The molecule has 2 aromatic heterocycles. The lowest BCUT2D eigenvalue weighted by atomic mass is 10.1. The zero-order valence-corrected chi connectivity index (χ0v) is 21.4. The Morgan fingerprint density at radius 3 is 2.45 bits per heavy atom. The van der Waals surface area contributed by atoms with E-state index in [9.17, 15) is 18.0 Å². The molecule has 38 heavy (non-hydrogen) atoms. The van der Waals surface area contributed by atoms with Crippen molar-refractivity contribution in [1.29, 1.82) is 0 Å². The molecule has 0 fully saturated rings. The van der Waals surface area contributed by atoms with E-state index in [1.54, 1.807) is 53.4 Å². The lowest BCUT2D eigenvalue weighted by Crippen LogP contribution is -2.29. The third kappa shape index (κ3) is 6.32. The van der Waals surface area contributed by atoms with Gasteiger partial charge in [0.1, 0.15) is 12.0 Å². The number of hydrogen-bond donors (Lipinski definition) is 1. The van der Waals surface area contributed by atoms with Crippen molar-refractivity contribution in [3.05, 3.63) is 78.0 Å². The summed E-state index contributed by atoms with van der Waals surface area (Å²) in [5.74, 6) is -0.658. The monoisotopic (exact) mass is 524 g/mol. The zero-order chi connectivity index (χ0) is 27.4. The van der Waals surface area contributed by atoms with Crippen LogP contribution in [0, 0.1) is 6.92 Å².